The van der Waals surface area contributed by atoms with Crippen molar-refractivity contribution in [2.75, 3.05) is 19.6 Å². The number of rotatable bonds is 4. The summed E-state index contributed by atoms with van der Waals surface area (Å²) >= 11 is 0. The molecule has 5 nitrogen and oxygen atoms in total. The lowest BCUT2D eigenvalue weighted by Crippen LogP contribution is -2.40. The first-order valence-corrected chi connectivity index (χ1v) is 8.16. The maximum atomic E-state index is 13.2. The molecule has 2 aromatic rings. The van der Waals surface area contributed by atoms with E-state index in [1.807, 2.05) is 0 Å². The third-order valence-corrected chi connectivity index (χ3v) is 4.57. The Balaban J connectivity index is 1.98. The van der Waals surface area contributed by atoms with Gasteiger partial charge in [-0.1, -0.05) is 20.8 Å². The third kappa shape index (κ3) is 3.34. The Morgan fingerprint density at radius 1 is 1.35 bits per heavy atom. The number of alkyl halides is 2. The summed E-state index contributed by atoms with van der Waals surface area (Å²) in [5, 5.41) is 4.19. The van der Waals surface area contributed by atoms with Crippen LogP contribution in [0, 0.1) is 11.8 Å². The molecule has 126 valence electrons. The van der Waals surface area contributed by atoms with Gasteiger partial charge >= 0.3 is 0 Å². The number of likely N-dealkylation sites (tertiary alicyclic amines) is 1. The molecule has 23 heavy (non-hydrogen) atoms. The molecule has 0 saturated carbocycles. The first-order valence-electron chi connectivity index (χ1n) is 8.16. The second kappa shape index (κ2) is 6.47. The molecule has 0 N–H and O–H groups in total. The molecule has 0 aliphatic carbocycles. The molecule has 1 aliphatic heterocycles. The molecule has 1 aliphatic rings. The molecule has 1 fully saturated rings. The molecule has 0 bridgehead atoms. The van der Waals surface area contributed by atoms with Crippen molar-refractivity contribution < 1.29 is 8.78 Å². The van der Waals surface area contributed by atoms with Gasteiger partial charge in [0.05, 0.1) is 5.69 Å². The van der Waals surface area contributed by atoms with Crippen molar-refractivity contribution in [3.8, 4) is 0 Å². The first kappa shape index (κ1) is 16.2. The molecule has 0 amide bonds. The average Bonchev–Trinajstić information content (AvgIpc) is 2.96. The van der Waals surface area contributed by atoms with E-state index in [1.54, 1.807) is 4.52 Å². The van der Waals surface area contributed by atoms with Crippen LogP contribution in [0.15, 0.2) is 12.4 Å². The van der Waals surface area contributed by atoms with Gasteiger partial charge in [0.15, 0.2) is 0 Å². The Hall–Kier alpha value is -1.63. The monoisotopic (exact) mass is 323 g/mol. The Labute approximate surface area is 134 Å². The lowest BCUT2D eigenvalue weighted by atomic mass is 9.84. The van der Waals surface area contributed by atoms with Crippen molar-refractivity contribution in [1.82, 2.24) is 24.5 Å². The van der Waals surface area contributed by atoms with Crippen LogP contribution in [0.1, 0.15) is 50.9 Å². The summed E-state index contributed by atoms with van der Waals surface area (Å²) in [6.07, 6.45) is -0.165. The summed E-state index contributed by atoms with van der Waals surface area (Å²) < 4.78 is 27.9. The molecule has 3 heterocycles. The van der Waals surface area contributed by atoms with Crippen LogP contribution in [0.5, 0.6) is 0 Å². The van der Waals surface area contributed by atoms with Crippen molar-refractivity contribution in [1.29, 1.82) is 0 Å². The van der Waals surface area contributed by atoms with Crippen LogP contribution in [0.3, 0.4) is 0 Å². The molecule has 2 aromatic heterocycles. The zero-order valence-electron chi connectivity index (χ0n) is 13.8. The number of hydrogen-bond donors (Lipinski definition) is 0. The normalized spacial score (nSPS) is 23.3. The predicted octanol–water partition coefficient (Wildman–Crippen LogP) is 3.14. The Kier molecular flexibility index (Phi) is 4.57. The molecular weight excluding hydrogens is 300 g/mol. The number of halogens is 2. The molecule has 2 atom stereocenters. The van der Waals surface area contributed by atoms with Gasteiger partial charge in [-0.15, -0.1) is 0 Å². The predicted molar refractivity (Wildman–Crippen MR) is 83.5 cm³/mol. The second-order valence-electron chi connectivity index (χ2n) is 6.90. The van der Waals surface area contributed by atoms with Crippen LogP contribution >= 0.6 is 0 Å². The molecule has 3 rings (SSSR count). The Bertz CT molecular complexity index is 670. The van der Waals surface area contributed by atoms with Gasteiger partial charge in [-0.2, -0.15) is 10.1 Å². The van der Waals surface area contributed by atoms with Gasteiger partial charge in [0, 0.05) is 19.0 Å². The highest BCUT2D eigenvalue weighted by atomic mass is 19.3. The lowest BCUT2D eigenvalue weighted by Gasteiger charge is -2.38. The minimum absolute atomic E-state index is 0.159. The summed E-state index contributed by atoms with van der Waals surface area (Å²) in [7, 11) is 0. The Morgan fingerprint density at radius 3 is 2.83 bits per heavy atom. The Morgan fingerprint density at radius 2 is 2.13 bits per heavy atom. The van der Waals surface area contributed by atoms with Crippen molar-refractivity contribution in [3.05, 3.63) is 23.8 Å². The quantitative estimate of drug-likeness (QED) is 0.867. The molecular formula is C16H23F2N5. The van der Waals surface area contributed by atoms with E-state index in [0.717, 1.165) is 31.7 Å². The second-order valence-corrected chi connectivity index (χ2v) is 6.90. The molecule has 1 saturated heterocycles. The van der Waals surface area contributed by atoms with Gasteiger partial charge in [-0.25, -0.2) is 18.3 Å². The first-order chi connectivity index (χ1) is 11.0. The van der Waals surface area contributed by atoms with Crippen molar-refractivity contribution >= 4 is 5.78 Å². The average molecular weight is 323 g/mol. The highest BCUT2D eigenvalue weighted by molar-refractivity contribution is 5.32. The zero-order chi connectivity index (χ0) is 16.6. The minimum Gasteiger partial charge on any atom is -0.302 e. The number of aromatic nitrogens is 4. The molecule has 0 unspecified atom stereocenters. The van der Waals surface area contributed by atoms with Crippen LogP contribution in [0.4, 0.5) is 8.78 Å². The number of fused-ring (bicyclic) bond motifs is 1. The molecule has 0 aromatic carbocycles. The smallest absolute Gasteiger partial charge is 0.280 e. The topological polar surface area (TPSA) is 46.3 Å². The minimum atomic E-state index is -2.60. The van der Waals surface area contributed by atoms with E-state index in [0.29, 0.717) is 11.8 Å². The molecule has 0 spiro atoms. The van der Waals surface area contributed by atoms with Crippen molar-refractivity contribution in [2.24, 2.45) is 11.8 Å². The number of nitrogens with zero attached hydrogens (tertiary/aromatic N) is 5. The maximum Gasteiger partial charge on any atom is 0.280 e. The summed E-state index contributed by atoms with van der Waals surface area (Å²) in [4.78, 5) is 10.3. The third-order valence-electron chi connectivity index (χ3n) is 4.57. The van der Waals surface area contributed by atoms with Crippen LogP contribution in [0.2, 0.25) is 0 Å². The summed E-state index contributed by atoms with van der Waals surface area (Å²) in [6.45, 7) is 9.53. The summed E-state index contributed by atoms with van der Waals surface area (Å²) in [5.41, 5.74) is 0.581. The number of hydrogen-bond acceptors (Lipinski definition) is 4. The van der Waals surface area contributed by atoms with Crippen molar-refractivity contribution in [2.45, 2.75) is 39.5 Å². The molecule has 0 radical (unpaired) electrons. The van der Waals surface area contributed by atoms with Gasteiger partial charge in [0.1, 0.15) is 12.0 Å². The van der Waals surface area contributed by atoms with Crippen LogP contribution in [0.25, 0.3) is 5.78 Å². The summed E-state index contributed by atoms with van der Waals surface area (Å²) in [5.74, 6) is 1.42. The van der Waals surface area contributed by atoms with E-state index >= 15 is 0 Å². The van der Waals surface area contributed by atoms with E-state index in [-0.39, 0.29) is 17.4 Å². The van der Waals surface area contributed by atoms with Gasteiger partial charge in [-0.05, 0) is 30.9 Å². The largest absolute Gasteiger partial charge is 0.302 e. The number of piperidine rings is 1. The van der Waals surface area contributed by atoms with Crippen molar-refractivity contribution in [3.63, 3.8) is 0 Å². The van der Waals surface area contributed by atoms with Crippen LogP contribution in [-0.2, 0) is 0 Å². The van der Waals surface area contributed by atoms with E-state index in [1.165, 1.54) is 12.4 Å². The SMILES string of the molecule is CC(C)CN1CC[C@@H](C)[C@H](c2cc(C(F)F)nc3ncnn23)C1. The lowest BCUT2D eigenvalue weighted by molar-refractivity contribution is 0.142. The van der Waals surface area contributed by atoms with E-state index in [4.69, 9.17) is 0 Å². The van der Waals surface area contributed by atoms with Crippen LogP contribution < -0.4 is 0 Å². The van der Waals surface area contributed by atoms with E-state index in [9.17, 15) is 8.78 Å². The highest BCUT2D eigenvalue weighted by Gasteiger charge is 2.31. The molecule has 7 heteroatoms. The fourth-order valence-corrected chi connectivity index (χ4v) is 3.43. The highest BCUT2D eigenvalue weighted by Crippen LogP contribution is 2.33. The van der Waals surface area contributed by atoms with E-state index < -0.39 is 6.43 Å². The van der Waals surface area contributed by atoms with Gasteiger partial charge in [0.2, 0.25) is 0 Å². The van der Waals surface area contributed by atoms with Crippen LogP contribution in [-0.4, -0.2) is 44.1 Å². The van der Waals surface area contributed by atoms with Gasteiger partial charge in [-0.3, -0.25) is 0 Å². The van der Waals surface area contributed by atoms with Gasteiger partial charge < -0.3 is 4.90 Å². The van der Waals surface area contributed by atoms with Gasteiger partial charge in [0.25, 0.3) is 12.2 Å². The fraction of sp³-hybridized carbons (Fsp3) is 0.688. The standard InChI is InChI=1S/C16H23F2N5/c1-10(2)7-22-5-4-11(3)12(8-22)14-6-13(15(17)18)21-16-19-9-20-23(14)16/h6,9-12,15H,4-5,7-8H2,1-3H3/t11-,12-/m1/s1. The van der Waals surface area contributed by atoms with E-state index in [2.05, 4.69) is 40.7 Å². The maximum absolute atomic E-state index is 13.2. The zero-order valence-corrected chi connectivity index (χ0v) is 13.8. The summed E-state index contributed by atoms with van der Waals surface area (Å²) in [6, 6.07) is 1.51. The fourth-order valence-electron chi connectivity index (χ4n) is 3.43.